The Morgan fingerprint density at radius 1 is 0.500 bits per heavy atom. The first-order valence-electron chi connectivity index (χ1n) is 16.5. The number of hydrogen-bond donors (Lipinski definition) is 0. The molecular formula is C40H34N4S4+2. The predicted octanol–water partition coefficient (Wildman–Crippen LogP) is 10.1. The zero-order valence-corrected chi connectivity index (χ0v) is 29.6. The van der Waals surface area contributed by atoms with Gasteiger partial charge in [0, 0.05) is 47.2 Å². The number of para-hydroxylation sites is 4. The van der Waals surface area contributed by atoms with Crippen LogP contribution in [0.2, 0.25) is 0 Å². The highest BCUT2D eigenvalue weighted by Crippen LogP contribution is 2.47. The van der Waals surface area contributed by atoms with Crippen molar-refractivity contribution in [2.45, 2.75) is 35.7 Å². The monoisotopic (exact) mass is 698 g/mol. The van der Waals surface area contributed by atoms with Gasteiger partial charge < -0.3 is 9.80 Å². The summed E-state index contributed by atoms with van der Waals surface area (Å²) >= 11 is 7.52. The first-order chi connectivity index (χ1) is 23.8. The number of thiazole rings is 2. The third kappa shape index (κ3) is 5.60. The molecule has 0 unspecified atom stereocenters. The topological polar surface area (TPSA) is 14.2 Å². The minimum atomic E-state index is 0.959. The fraction of sp³-hybridized carbons (Fsp3) is 0.150. The molecule has 3 aliphatic rings. The van der Waals surface area contributed by atoms with E-state index in [1.165, 1.54) is 61.7 Å². The molecular weight excluding hydrogens is 665 g/mol. The molecule has 5 heterocycles. The number of nitrogens with zero attached hydrogens (tertiary/aromatic N) is 4. The van der Waals surface area contributed by atoms with E-state index >= 15 is 0 Å². The van der Waals surface area contributed by atoms with Crippen LogP contribution in [0.25, 0.3) is 32.6 Å². The third-order valence-electron chi connectivity index (χ3n) is 9.03. The van der Waals surface area contributed by atoms with E-state index in [0.717, 1.165) is 39.0 Å². The first kappa shape index (κ1) is 30.0. The molecule has 2 aromatic heterocycles. The Kier molecular flexibility index (Phi) is 8.18. The van der Waals surface area contributed by atoms with Gasteiger partial charge in [0.25, 0.3) is 10.0 Å². The molecule has 4 nitrogen and oxygen atoms in total. The number of hydrogen-bond acceptors (Lipinski definition) is 6. The van der Waals surface area contributed by atoms with Crippen LogP contribution >= 0.6 is 46.2 Å². The molecule has 48 heavy (non-hydrogen) atoms. The molecule has 0 aliphatic carbocycles. The van der Waals surface area contributed by atoms with Crippen LogP contribution in [0.4, 0.5) is 11.4 Å². The number of aromatic nitrogens is 2. The van der Waals surface area contributed by atoms with E-state index in [2.05, 4.69) is 152 Å². The van der Waals surface area contributed by atoms with Gasteiger partial charge >= 0.3 is 0 Å². The zero-order chi connectivity index (χ0) is 31.9. The second-order valence-electron chi connectivity index (χ2n) is 12.0. The average Bonchev–Trinajstić information content (AvgIpc) is 3.86. The Hall–Kier alpha value is -4.08. The SMILES string of the molecule is C1=C2\Sc3ccccc3N2CCCN2/C(=C/C=C/c3sc4ccccc4[n+]3CCC[n+]3c(sc4ccccc43)/C=C/1)Sc1ccccc12. The molecule has 0 atom stereocenters. The molecule has 6 aromatic rings. The lowest BCUT2D eigenvalue weighted by Crippen LogP contribution is -2.40. The molecule has 8 heteroatoms. The van der Waals surface area contributed by atoms with Crippen LogP contribution < -0.4 is 18.9 Å². The molecule has 0 N–H and O–H groups in total. The van der Waals surface area contributed by atoms with Crippen LogP contribution in [-0.2, 0) is 13.1 Å². The largest absolute Gasteiger partial charge is 0.335 e. The van der Waals surface area contributed by atoms with Gasteiger partial charge in [0.05, 0.1) is 27.9 Å². The number of thioether (sulfide) groups is 2. The van der Waals surface area contributed by atoms with E-state index in [4.69, 9.17) is 0 Å². The number of fused-ring (bicyclic) bond motifs is 12. The summed E-state index contributed by atoms with van der Waals surface area (Å²) in [5, 5.41) is 5.16. The first-order valence-corrected chi connectivity index (χ1v) is 19.8. The second kappa shape index (κ2) is 13.1. The van der Waals surface area contributed by atoms with E-state index in [1.54, 1.807) is 0 Å². The molecule has 3 aliphatic heterocycles. The summed E-state index contributed by atoms with van der Waals surface area (Å²) in [4.78, 5) is 7.69. The maximum atomic E-state index is 2.51. The predicted molar refractivity (Wildman–Crippen MR) is 207 cm³/mol. The minimum absolute atomic E-state index is 0.959. The van der Waals surface area contributed by atoms with Gasteiger partial charge in [-0.2, -0.15) is 9.13 Å². The van der Waals surface area contributed by atoms with Gasteiger partial charge in [-0.25, -0.2) is 0 Å². The van der Waals surface area contributed by atoms with E-state index < -0.39 is 0 Å². The normalized spacial score (nSPS) is 20.0. The van der Waals surface area contributed by atoms with Gasteiger partial charge in [-0.1, -0.05) is 107 Å². The summed E-state index contributed by atoms with van der Waals surface area (Å²) in [6, 6.07) is 35.3. The van der Waals surface area contributed by atoms with Crippen LogP contribution in [0, 0.1) is 0 Å². The van der Waals surface area contributed by atoms with E-state index in [-0.39, 0.29) is 0 Å². The summed E-state index contributed by atoms with van der Waals surface area (Å²) in [5.74, 6) is 0. The van der Waals surface area contributed by atoms with Gasteiger partial charge in [0.1, 0.15) is 9.40 Å². The lowest BCUT2D eigenvalue weighted by atomic mass is 10.2. The zero-order valence-electron chi connectivity index (χ0n) is 26.4. The summed E-state index contributed by atoms with van der Waals surface area (Å²) in [6.45, 7) is 3.84. The molecule has 0 fully saturated rings. The van der Waals surface area contributed by atoms with Crippen LogP contribution in [0.15, 0.2) is 141 Å². The van der Waals surface area contributed by atoms with Gasteiger partial charge in [-0.15, -0.1) is 0 Å². The molecule has 4 aromatic carbocycles. The molecule has 236 valence electrons. The fourth-order valence-corrected chi connectivity index (χ4v) is 11.2. The van der Waals surface area contributed by atoms with Crippen molar-refractivity contribution in [3.8, 4) is 0 Å². The van der Waals surface area contributed by atoms with Crippen molar-refractivity contribution in [3.05, 3.63) is 141 Å². The average molecular weight is 699 g/mol. The van der Waals surface area contributed by atoms with Crippen LogP contribution in [0.1, 0.15) is 22.9 Å². The second-order valence-corrected chi connectivity index (χ2v) is 16.2. The Bertz CT molecular complexity index is 2130. The highest BCUT2D eigenvalue weighted by Gasteiger charge is 2.28. The summed E-state index contributed by atoms with van der Waals surface area (Å²) in [7, 11) is 0. The Labute approximate surface area is 297 Å². The maximum Gasteiger partial charge on any atom is 0.262 e. The number of allylic oxidation sites excluding steroid dienone is 4. The lowest BCUT2D eigenvalue weighted by molar-refractivity contribution is -0.699. The van der Waals surface area contributed by atoms with E-state index in [9.17, 15) is 0 Å². The van der Waals surface area contributed by atoms with Gasteiger partial charge in [-0.05, 0) is 55.0 Å². The maximum absolute atomic E-state index is 2.51. The Balaban J connectivity index is 1.12. The number of anilines is 2. The van der Waals surface area contributed by atoms with Crippen molar-refractivity contribution < 1.29 is 9.13 Å². The Morgan fingerprint density at radius 3 is 1.48 bits per heavy atom. The van der Waals surface area contributed by atoms with Gasteiger partial charge in [-0.3, -0.25) is 0 Å². The van der Waals surface area contributed by atoms with Crippen molar-refractivity contribution in [2.24, 2.45) is 0 Å². The smallest absolute Gasteiger partial charge is 0.262 e. The fourth-order valence-electron chi connectivity index (χ4n) is 6.83. The minimum Gasteiger partial charge on any atom is -0.335 e. The van der Waals surface area contributed by atoms with Crippen molar-refractivity contribution in [1.29, 1.82) is 0 Å². The molecule has 0 bridgehead atoms. The van der Waals surface area contributed by atoms with Crippen molar-refractivity contribution in [3.63, 3.8) is 0 Å². The Morgan fingerprint density at radius 2 is 0.958 bits per heavy atom. The van der Waals surface area contributed by atoms with Crippen LogP contribution in [-0.4, -0.2) is 13.1 Å². The van der Waals surface area contributed by atoms with Crippen molar-refractivity contribution >= 4 is 90.2 Å². The van der Waals surface area contributed by atoms with Crippen LogP contribution in [0.5, 0.6) is 0 Å². The molecule has 0 radical (unpaired) electrons. The van der Waals surface area contributed by atoms with E-state index in [1.807, 2.05) is 46.2 Å². The lowest BCUT2D eigenvalue weighted by Gasteiger charge is -2.24. The molecule has 0 amide bonds. The number of rotatable bonds is 0. The molecule has 0 saturated heterocycles. The molecule has 0 saturated carbocycles. The number of aryl methyl sites for hydroxylation is 2. The highest BCUT2D eigenvalue weighted by atomic mass is 32.2. The number of benzene rings is 4. The van der Waals surface area contributed by atoms with Crippen molar-refractivity contribution in [1.82, 2.24) is 0 Å². The van der Waals surface area contributed by atoms with Crippen LogP contribution in [0.3, 0.4) is 0 Å². The van der Waals surface area contributed by atoms with E-state index in [0.29, 0.717) is 0 Å². The van der Waals surface area contributed by atoms with Gasteiger partial charge in [0.15, 0.2) is 13.1 Å². The summed E-state index contributed by atoms with van der Waals surface area (Å²) in [5.41, 5.74) is 5.25. The summed E-state index contributed by atoms with van der Waals surface area (Å²) in [6.07, 6.45) is 15.9. The standard InChI is InChI=1S/C40H34N4S4/c1-5-17-33-29(13-1)41-25-11-26-42-30-14-2-6-18-34(30)47-39(42)23-10-24-40-44(32-16-4-8-20-36(32)48-40)28-12-27-43-31-15-3-7-19-35(31)46-38(43)22-9-21-37(41)45-33/h1-10,13-24H,11-12,25-28H2/q+2. The third-order valence-corrected chi connectivity index (χ3v) is 13.6. The van der Waals surface area contributed by atoms with Crippen molar-refractivity contribution in [2.75, 3.05) is 22.9 Å². The molecule has 9 rings (SSSR count). The quantitative estimate of drug-likeness (QED) is 0.147. The summed E-state index contributed by atoms with van der Waals surface area (Å²) < 4.78 is 7.69. The van der Waals surface area contributed by atoms with Gasteiger partial charge in [0.2, 0.25) is 11.0 Å². The molecule has 0 spiro atoms. The highest BCUT2D eigenvalue weighted by molar-refractivity contribution is 8.04.